The molecule has 0 saturated carbocycles. The highest BCUT2D eigenvalue weighted by Gasteiger charge is 2.20. The average molecular weight is 392 g/mol. The number of nitrogens with zero attached hydrogens (tertiary/aromatic N) is 5. The number of benzene rings is 1. The van der Waals surface area contributed by atoms with Gasteiger partial charge in [-0.25, -0.2) is 4.68 Å². The monoisotopic (exact) mass is 391 g/mol. The van der Waals surface area contributed by atoms with Crippen LogP contribution in [0.1, 0.15) is 26.5 Å². The minimum atomic E-state index is -0.0611. The zero-order valence-corrected chi connectivity index (χ0v) is 17.5. The van der Waals surface area contributed by atoms with E-state index in [1.807, 2.05) is 18.3 Å². The smallest absolute Gasteiger partial charge is 0.266 e. The number of fused-ring (bicyclic) bond motifs is 1. The van der Waals surface area contributed by atoms with Gasteiger partial charge in [0.2, 0.25) is 0 Å². The first-order chi connectivity index (χ1) is 13.9. The molecule has 4 rings (SSSR count). The fourth-order valence-electron chi connectivity index (χ4n) is 3.81. The summed E-state index contributed by atoms with van der Waals surface area (Å²) in [5, 5.41) is 5.79. The van der Waals surface area contributed by atoms with Crippen molar-refractivity contribution in [2.75, 3.05) is 37.6 Å². The molecule has 0 unspecified atom stereocenters. The summed E-state index contributed by atoms with van der Waals surface area (Å²) >= 11 is 0. The van der Waals surface area contributed by atoms with E-state index in [0.717, 1.165) is 43.9 Å². The molecular weight excluding hydrogens is 362 g/mol. The number of hydrogen-bond acceptors (Lipinski definition) is 5. The summed E-state index contributed by atoms with van der Waals surface area (Å²) in [7, 11) is 0. The Kier molecular flexibility index (Phi) is 5.37. The summed E-state index contributed by atoms with van der Waals surface area (Å²) in [6.07, 6.45) is 1.89. The fourth-order valence-corrected chi connectivity index (χ4v) is 3.81. The molecule has 0 radical (unpaired) electrons. The van der Waals surface area contributed by atoms with Crippen molar-refractivity contribution in [1.29, 1.82) is 0 Å². The van der Waals surface area contributed by atoms with Crippen molar-refractivity contribution in [3.8, 4) is 0 Å². The van der Waals surface area contributed by atoms with Crippen LogP contribution in [0, 0.1) is 0 Å². The van der Waals surface area contributed by atoms with Gasteiger partial charge in [0.15, 0.2) is 0 Å². The van der Waals surface area contributed by atoms with E-state index in [4.69, 9.17) is 0 Å². The SMILES string of the molecule is CC(C)(C)c1ccc(=O)n(CCN2CCN(c3ccnc4ccccc34)CC2)n1. The van der Waals surface area contributed by atoms with Crippen LogP contribution in [-0.4, -0.2) is 52.4 Å². The summed E-state index contributed by atoms with van der Waals surface area (Å²) in [6.45, 7) is 11.7. The van der Waals surface area contributed by atoms with Gasteiger partial charge in [0.05, 0.1) is 17.8 Å². The summed E-state index contributed by atoms with van der Waals surface area (Å²) in [5.41, 5.74) is 3.16. The maximum atomic E-state index is 12.2. The molecule has 6 nitrogen and oxygen atoms in total. The van der Waals surface area contributed by atoms with Crippen LogP contribution in [0.15, 0.2) is 53.5 Å². The molecular formula is C23H29N5O. The van der Waals surface area contributed by atoms with Crippen LogP contribution >= 0.6 is 0 Å². The van der Waals surface area contributed by atoms with Crippen LogP contribution in [0.25, 0.3) is 10.9 Å². The predicted octanol–water partition coefficient (Wildman–Crippen LogP) is 2.91. The van der Waals surface area contributed by atoms with Crippen molar-refractivity contribution < 1.29 is 0 Å². The van der Waals surface area contributed by atoms with Crippen LogP contribution < -0.4 is 10.5 Å². The zero-order chi connectivity index (χ0) is 20.4. The number of piperazine rings is 1. The molecule has 1 aliphatic heterocycles. The van der Waals surface area contributed by atoms with E-state index in [9.17, 15) is 4.79 Å². The number of pyridine rings is 1. The molecule has 2 aromatic heterocycles. The Labute approximate surface area is 171 Å². The van der Waals surface area contributed by atoms with Gasteiger partial charge in [-0.05, 0) is 18.2 Å². The van der Waals surface area contributed by atoms with Crippen molar-refractivity contribution in [1.82, 2.24) is 19.7 Å². The van der Waals surface area contributed by atoms with E-state index >= 15 is 0 Å². The van der Waals surface area contributed by atoms with Gasteiger partial charge in [-0.2, -0.15) is 5.10 Å². The lowest BCUT2D eigenvalue weighted by atomic mass is 9.92. The van der Waals surface area contributed by atoms with Gasteiger partial charge < -0.3 is 4.90 Å². The van der Waals surface area contributed by atoms with Crippen LogP contribution in [0.2, 0.25) is 0 Å². The Hall–Kier alpha value is -2.73. The van der Waals surface area contributed by atoms with Crippen LogP contribution in [-0.2, 0) is 12.0 Å². The normalized spacial score (nSPS) is 15.8. The topological polar surface area (TPSA) is 54.3 Å². The molecule has 0 atom stereocenters. The molecule has 29 heavy (non-hydrogen) atoms. The van der Waals surface area contributed by atoms with Gasteiger partial charge >= 0.3 is 0 Å². The van der Waals surface area contributed by atoms with Crippen molar-refractivity contribution in [2.24, 2.45) is 0 Å². The van der Waals surface area contributed by atoms with E-state index in [1.165, 1.54) is 11.1 Å². The molecule has 0 aliphatic carbocycles. The molecule has 6 heteroatoms. The first-order valence-electron chi connectivity index (χ1n) is 10.3. The fraction of sp³-hybridized carbons (Fsp3) is 0.435. The number of aromatic nitrogens is 3. The highest BCUT2D eigenvalue weighted by atomic mass is 16.1. The van der Waals surface area contributed by atoms with Crippen molar-refractivity contribution in [3.05, 3.63) is 64.7 Å². The summed E-state index contributed by atoms with van der Waals surface area (Å²) in [4.78, 5) is 21.5. The van der Waals surface area contributed by atoms with E-state index in [1.54, 1.807) is 10.7 Å². The molecule has 1 aliphatic rings. The summed E-state index contributed by atoms with van der Waals surface area (Å²) in [6, 6.07) is 13.9. The van der Waals surface area contributed by atoms with Gasteiger partial charge in [-0.15, -0.1) is 0 Å². The Morgan fingerprint density at radius 1 is 0.931 bits per heavy atom. The predicted molar refractivity (Wildman–Crippen MR) is 118 cm³/mol. The standard InChI is InChI=1S/C23H29N5O/c1-23(2,3)21-8-9-22(29)28(25-21)17-14-26-12-15-27(16-13-26)20-10-11-24-19-7-5-4-6-18(19)20/h4-11H,12-17H2,1-3H3. The molecule has 0 N–H and O–H groups in total. The van der Waals surface area contributed by atoms with E-state index in [0.29, 0.717) is 6.54 Å². The lowest BCUT2D eigenvalue weighted by molar-refractivity contribution is 0.242. The Morgan fingerprint density at radius 2 is 1.69 bits per heavy atom. The van der Waals surface area contributed by atoms with Gasteiger partial charge in [0.1, 0.15) is 0 Å². The van der Waals surface area contributed by atoms with Crippen molar-refractivity contribution >= 4 is 16.6 Å². The van der Waals surface area contributed by atoms with E-state index < -0.39 is 0 Å². The number of rotatable bonds is 4. The van der Waals surface area contributed by atoms with Gasteiger partial charge in [-0.1, -0.05) is 39.0 Å². The van der Waals surface area contributed by atoms with Crippen LogP contribution in [0.3, 0.4) is 0 Å². The maximum absolute atomic E-state index is 12.2. The first kappa shape index (κ1) is 19.6. The second kappa shape index (κ2) is 7.95. The summed E-state index contributed by atoms with van der Waals surface area (Å²) in [5.74, 6) is 0. The molecule has 0 amide bonds. The molecule has 1 aromatic carbocycles. The van der Waals surface area contributed by atoms with Gasteiger partial charge in [0.25, 0.3) is 5.56 Å². The zero-order valence-electron chi connectivity index (χ0n) is 17.5. The minimum absolute atomic E-state index is 0.0279. The highest BCUT2D eigenvalue weighted by molar-refractivity contribution is 5.91. The molecule has 1 fully saturated rings. The average Bonchev–Trinajstić information content (AvgIpc) is 2.72. The lowest BCUT2D eigenvalue weighted by Gasteiger charge is -2.36. The number of hydrogen-bond donors (Lipinski definition) is 0. The Bertz CT molecular complexity index is 1040. The summed E-state index contributed by atoms with van der Waals surface area (Å²) < 4.78 is 1.61. The molecule has 1 saturated heterocycles. The molecule has 0 bridgehead atoms. The van der Waals surface area contributed by atoms with Crippen molar-refractivity contribution in [2.45, 2.75) is 32.7 Å². The number of anilines is 1. The quantitative estimate of drug-likeness (QED) is 0.685. The Balaban J connectivity index is 1.39. The third-order valence-corrected chi connectivity index (χ3v) is 5.60. The van der Waals surface area contributed by atoms with Gasteiger partial charge in [-0.3, -0.25) is 14.7 Å². The second-order valence-electron chi connectivity index (χ2n) is 8.71. The minimum Gasteiger partial charge on any atom is -0.368 e. The second-order valence-corrected chi connectivity index (χ2v) is 8.71. The van der Waals surface area contributed by atoms with Crippen LogP contribution in [0.4, 0.5) is 5.69 Å². The van der Waals surface area contributed by atoms with E-state index in [-0.39, 0.29) is 11.0 Å². The first-order valence-corrected chi connectivity index (χ1v) is 10.3. The third-order valence-electron chi connectivity index (χ3n) is 5.60. The molecule has 152 valence electrons. The maximum Gasteiger partial charge on any atom is 0.266 e. The highest BCUT2D eigenvalue weighted by Crippen LogP contribution is 2.26. The van der Waals surface area contributed by atoms with Crippen LogP contribution in [0.5, 0.6) is 0 Å². The Morgan fingerprint density at radius 3 is 2.45 bits per heavy atom. The largest absolute Gasteiger partial charge is 0.368 e. The lowest BCUT2D eigenvalue weighted by Crippen LogP contribution is -2.47. The molecule has 3 heterocycles. The molecule has 0 spiro atoms. The van der Waals surface area contributed by atoms with E-state index in [2.05, 4.69) is 64.9 Å². The third kappa shape index (κ3) is 4.32. The molecule has 3 aromatic rings. The van der Waals surface area contributed by atoms with Gasteiger partial charge in [0, 0.05) is 61.5 Å². The number of para-hydroxylation sites is 1. The van der Waals surface area contributed by atoms with Crippen molar-refractivity contribution in [3.63, 3.8) is 0 Å².